The number of alkyl halides is 6. The Morgan fingerprint density at radius 2 is 1.40 bits per heavy atom. The SMILES string of the molecule is CN(CCNC(=O)c1ccc(C(F)(F)F)cc1)Cc1cc(C(F)(F)F)ccc1CCC(=O)C(N)CCC(=O)N(CCN)CCN. The van der Waals surface area contributed by atoms with Gasteiger partial charge in [-0.3, -0.25) is 14.4 Å². The number of nitrogens with one attached hydrogen (secondary N) is 1. The monoisotopic (exact) mass is 646 g/mol. The largest absolute Gasteiger partial charge is 0.416 e. The van der Waals surface area contributed by atoms with Crippen LogP contribution < -0.4 is 22.5 Å². The lowest BCUT2D eigenvalue weighted by molar-refractivity contribution is -0.138. The zero-order valence-corrected chi connectivity index (χ0v) is 25.0. The van der Waals surface area contributed by atoms with Crippen molar-refractivity contribution in [1.82, 2.24) is 15.1 Å². The van der Waals surface area contributed by atoms with Crippen molar-refractivity contribution < 1.29 is 40.7 Å². The summed E-state index contributed by atoms with van der Waals surface area (Å²) in [5, 5.41) is 2.58. The summed E-state index contributed by atoms with van der Waals surface area (Å²) in [7, 11) is 1.63. The minimum atomic E-state index is -4.59. The van der Waals surface area contributed by atoms with Crippen molar-refractivity contribution in [2.75, 3.05) is 46.3 Å². The number of carbonyl (C=O) groups is 3. The van der Waals surface area contributed by atoms with Gasteiger partial charge in [0.2, 0.25) is 5.91 Å². The first-order chi connectivity index (χ1) is 21.1. The lowest BCUT2D eigenvalue weighted by Gasteiger charge is -2.22. The number of Topliss-reactive ketones (excluding diaryl/α,β-unsaturated/α-hetero) is 1. The van der Waals surface area contributed by atoms with Crippen molar-refractivity contribution in [3.05, 3.63) is 70.3 Å². The number of rotatable bonds is 17. The first-order valence-corrected chi connectivity index (χ1v) is 14.4. The predicted octanol–water partition coefficient (Wildman–Crippen LogP) is 2.94. The van der Waals surface area contributed by atoms with Crippen molar-refractivity contribution in [2.24, 2.45) is 17.2 Å². The molecule has 9 nitrogen and oxygen atoms in total. The molecule has 0 aromatic heterocycles. The van der Waals surface area contributed by atoms with Crippen LogP contribution in [0.15, 0.2) is 42.5 Å². The number of carbonyl (C=O) groups excluding carboxylic acids is 3. The van der Waals surface area contributed by atoms with Gasteiger partial charge < -0.3 is 32.3 Å². The fourth-order valence-corrected chi connectivity index (χ4v) is 4.55. The Morgan fingerprint density at radius 1 is 0.822 bits per heavy atom. The highest BCUT2D eigenvalue weighted by molar-refractivity contribution is 5.94. The van der Waals surface area contributed by atoms with Gasteiger partial charge in [0.1, 0.15) is 5.78 Å². The van der Waals surface area contributed by atoms with Gasteiger partial charge in [0.15, 0.2) is 0 Å². The molecule has 0 fully saturated rings. The van der Waals surface area contributed by atoms with E-state index in [1.54, 1.807) is 11.9 Å². The highest BCUT2D eigenvalue weighted by Gasteiger charge is 2.32. The summed E-state index contributed by atoms with van der Waals surface area (Å²) in [6.07, 6.45) is -8.91. The molecule has 45 heavy (non-hydrogen) atoms. The maximum Gasteiger partial charge on any atom is 0.416 e. The molecule has 0 bridgehead atoms. The van der Waals surface area contributed by atoms with Gasteiger partial charge in [-0.05, 0) is 67.4 Å². The number of nitrogens with zero attached hydrogens (tertiary/aromatic N) is 2. The van der Waals surface area contributed by atoms with Gasteiger partial charge in [-0.25, -0.2) is 0 Å². The molecule has 0 saturated carbocycles. The second kappa shape index (κ2) is 17.2. The minimum Gasteiger partial charge on any atom is -0.351 e. The molecule has 0 aliphatic heterocycles. The van der Waals surface area contributed by atoms with Crippen molar-refractivity contribution in [2.45, 2.75) is 50.6 Å². The number of likely N-dealkylation sites (N-methyl/N-ethyl adjacent to an activating group) is 1. The second-order valence-electron chi connectivity index (χ2n) is 10.6. The van der Waals surface area contributed by atoms with Gasteiger partial charge in [-0.2, -0.15) is 26.3 Å². The minimum absolute atomic E-state index is 0.0264. The van der Waals surface area contributed by atoms with Crippen LogP contribution in [-0.4, -0.2) is 79.8 Å². The highest BCUT2D eigenvalue weighted by Crippen LogP contribution is 2.31. The molecule has 0 radical (unpaired) electrons. The third-order valence-corrected chi connectivity index (χ3v) is 7.10. The number of halogens is 6. The average molecular weight is 647 g/mol. The predicted molar refractivity (Wildman–Crippen MR) is 157 cm³/mol. The molecule has 7 N–H and O–H groups in total. The Morgan fingerprint density at radius 3 is 1.96 bits per heavy atom. The standard InChI is InChI=1S/C30H40F6N6O3/c1-41(17-14-40-28(45)21-3-6-23(7-4-21)29(31,32)33)19-22-18-24(30(34,35)36)8-2-20(22)5-10-26(43)25(39)9-11-27(44)42(15-12-37)16-13-38/h2-4,6-8,18,25H,5,9-17,19,37-39H2,1H3,(H,40,45). The Bertz CT molecular complexity index is 1260. The molecule has 2 aromatic rings. The maximum atomic E-state index is 13.5. The summed E-state index contributed by atoms with van der Waals surface area (Å²) in [5.74, 6) is -1.16. The smallest absolute Gasteiger partial charge is 0.351 e. The molecule has 15 heteroatoms. The van der Waals surface area contributed by atoms with E-state index in [4.69, 9.17) is 17.2 Å². The van der Waals surface area contributed by atoms with E-state index in [1.165, 1.54) is 11.0 Å². The summed E-state index contributed by atoms with van der Waals surface area (Å²) in [5.41, 5.74) is 16.2. The Labute approximate surface area is 258 Å². The number of benzene rings is 2. The average Bonchev–Trinajstić information content (AvgIpc) is 2.97. The van der Waals surface area contributed by atoms with Crippen LogP contribution in [0.25, 0.3) is 0 Å². The van der Waals surface area contributed by atoms with E-state index in [0.717, 1.165) is 36.4 Å². The maximum absolute atomic E-state index is 13.5. The molecule has 0 heterocycles. The van der Waals surface area contributed by atoms with Gasteiger partial charge in [0.05, 0.1) is 17.2 Å². The molecular weight excluding hydrogens is 606 g/mol. The number of amides is 2. The normalized spacial score (nSPS) is 12.7. The molecule has 0 spiro atoms. The van der Waals surface area contributed by atoms with E-state index in [1.807, 2.05) is 0 Å². The zero-order chi connectivity index (χ0) is 33.8. The second-order valence-corrected chi connectivity index (χ2v) is 10.6. The number of hydrogen-bond acceptors (Lipinski definition) is 7. The van der Waals surface area contributed by atoms with Crippen LogP contribution in [0, 0.1) is 0 Å². The molecule has 0 saturated heterocycles. The lowest BCUT2D eigenvalue weighted by atomic mass is 9.96. The fourth-order valence-electron chi connectivity index (χ4n) is 4.55. The summed E-state index contributed by atoms with van der Waals surface area (Å²) >= 11 is 0. The number of ketones is 1. The Kier molecular flexibility index (Phi) is 14.4. The lowest BCUT2D eigenvalue weighted by Crippen LogP contribution is -2.40. The molecular formula is C30H40F6N6O3. The number of hydrogen-bond donors (Lipinski definition) is 4. The summed E-state index contributed by atoms with van der Waals surface area (Å²) in [4.78, 5) is 40.6. The first-order valence-electron chi connectivity index (χ1n) is 14.4. The Balaban J connectivity index is 1.98. The van der Waals surface area contributed by atoms with Gasteiger partial charge >= 0.3 is 12.4 Å². The van der Waals surface area contributed by atoms with Crippen LogP contribution in [0.1, 0.15) is 51.9 Å². The van der Waals surface area contributed by atoms with E-state index in [0.29, 0.717) is 24.2 Å². The van der Waals surface area contributed by atoms with Gasteiger partial charge in [0, 0.05) is 64.2 Å². The van der Waals surface area contributed by atoms with Crippen LogP contribution in [0.2, 0.25) is 0 Å². The molecule has 2 rings (SSSR count). The molecule has 2 amide bonds. The zero-order valence-electron chi connectivity index (χ0n) is 25.0. The molecule has 1 unspecified atom stereocenters. The topological polar surface area (TPSA) is 148 Å². The van der Waals surface area contributed by atoms with Crippen molar-refractivity contribution >= 4 is 17.6 Å². The van der Waals surface area contributed by atoms with Crippen LogP contribution in [0.3, 0.4) is 0 Å². The summed E-state index contributed by atoms with van der Waals surface area (Å²) < 4.78 is 78.6. The van der Waals surface area contributed by atoms with E-state index in [-0.39, 0.29) is 75.7 Å². The molecule has 1 atom stereocenters. The van der Waals surface area contributed by atoms with E-state index in [9.17, 15) is 40.7 Å². The van der Waals surface area contributed by atoms with Gasteiger partial charge in [-0.15, -0.1) is 0 Å². The van der Waals surface area contributed by atoms with E-state index < -0.39 is 35.4 Å². The van der Waals surface area contributed by atoms with Crippen molar-refractivity contribution in [3.8, 4) is 0 Å². The van der Waals surface area contributed by atoms with Crippen molar-refractivity contribution in [1.29, 1.82) is 0 Å². The van der Waals surface area contributed by atoms with E-state index >= 15 is 0 Å². The first kappa shape index (κ1) is 37.7. The summed E-state index contributed by atoms with van der Waals surface area (Å²) in [6.45, 7) is 1.53. The molecule has 2 aromatic carbocycles. The van der Waals surface area contributed by atoms with E-state index in [2.05, 4.69) is 5.32 Å². The number of aryl methyl sites for hydroxylation is 1. The fraction of sp³-hybridized carbons (Fsp3) is 0.500. The van der Waals surface area contributed by atoms with Crippen LogP contribution in [0.4, 0.5) is 26.3 Å². The highest BCUT2D eigenvalue weighted by atomic mass is 19.4. The Hall–Kier alpha value is -3.53. The van der Waals surface area contributed by atoms with Gasteiger partial charge in [0.25, 0.3) is 5.91 Å². The van der Waals surface area contributed by atoms with Crippen LogP contribution in [0.5, 0.6) is 0 Å². The molecule has 0 aliphatic rings. The number of nitrogens with two attached hydrogens (primary N) is 3. The van der Waals surface area contributed by atoms with Crippen LogP contribution >= 0.6 is 0 Å². The third kappa shape index (κ3) is 12.4. The van der Waals surface area contributed by atoms with Crippen molar-refractivity contribution in [3.63, 3.8) is 0 Å². The molecule has 0 aliphatic carbocycles. The quantitative estimate of drug-likeness (QED) is 0.193. The van der Waals surface area contributed by atoms with Gasteiger partial charge in [-0.1, -0.05) is 6.07 Å². The summed E-state index contributed by atoms with van der Waals surface area (Å²) in [6, 6.07) is 6.05. The molecule has 250 valence electrons. The third-order valence-electron chi connectivity index (χ3n) is 7.10. The van der Waals surface area contributed by atoms with Crippen LogP contribution in [-0.2, 0) is 34.9 Å².